The smallest absolute Gasteiger partial charge is 0.0223 e. The molecule has 0 spiro atoms. The second-order valence-corrected chi connectivity index (χ2v) is 5.40. The van der Waals surface area contributed by atoms with E-state index in [0.717, 1.165) is 11.8 Å². The van der Waals surface area contributed by atoms with Gasteiger partial charge in [-0.25, -0.2) is 0 Å². The molecule has 0 aromatic rings. The summed E-state index contributed by atoms with van der Waals surface area (Å²) in [5, 5.41) is 0. The molecule has 0 aromatic heterocycles. The zero-order valence-corrected chi connectivity index (χ0v) is 9.57. The molecule has 86 valence electrons. The third-order valence-electron chi connectivity index (χ3n) is 4.03. The molecule has 0 amide bonds. The summed E-state index contributed by atoms with van der Waals surface area (Å²) in [5.74, 6) is 1.72. The third-order valence-corrected chi connectivity index (χ3v) is 4.03. The van der Waals surface area contributed by atoms with Crippen LogP contribution in [0.5, 0.6) is 0 Å². The summed E-state index contributed by atoms with van der Waals surface area (Å²) in [7, 11) is 0. The second-order valence-electron chi connectivity index (χ2n) is 5.40. The highest BCUT2D eigenvalue weighted by Crippen LogP contribution is 2.32. The highest BCUT2D eigenvalue weighted by molar-refractivity contribution is 5.00. The van der Waals surface area contributed by atoms with E-state index in [1.54, 1.807) is 0 Å². The van der Waals surface area contributed by atoms with E-state index in [2.05, 4.69) is 12.2 Å². The van der Waals surface area contributed by atoms with Gasteiger partial charge in [0.15, 0.2) is 0 Å². The van der Waals surface area contributed by atoms with Crippen molar-refractivity contribution in [1.29, 1.82) is 0 Å². The van der Waals surface area contributed by atoms with Gasteiger partial charge in [-0.15, -0.1) is 0 Å². The maximum Gasteiger partial charge on any atom is 0.0223 e. The van der Waals surface area contributed by atoms with E-state index in [0.29, 0.717) is 12.1 Å². The van der Waals surface area contributed by atoms with E-state index in [4.69, 9.17) is 11.5 Å². The third kappa shape index (κ3) is 3.32. The van der Waals surface area contributed by atoms with Crippen molar-refractivity contribution in [2.24, 2.45) is 23.3 Å². The lowest BCUT2D eigenvalue weighted by atomic mass is 9.78. The molecule has 2 aliphatic carbocycles. The predicted molar refractivity (Wildman–Crippen MR) is 64.4 cm³/mol. The average molecular weight is 208 g/mol. The van der Waals surface area contributed by atoms with Gasteiger partial charge in [0.1, 0.15) is 0 Å². The molecule has 0 bridgehead atoms. The van der Waals surface area contributed by atoms with Crippen LogP contribution in [0, 0.1) is 11.8 Å². The van der Waals surface area contributed by atoms with E-state index in [9.17, 15) is 0 Å². The standard InChI is InChI=1S/C13H24N2/c14-12-5-1-10(2-6-12)9-11-3-7-13(15)8-4-11/h1,5,10-13H,2-4,6-9,14-15H2. The molecule has 0 radical (unpaired) electrons. The number of nitrogens with two attached hydrogens (primary N) is 2. The number of hydrogen-bond donors (Lipinski definition) is 2. The molecule has 1 fully saturated rings. The first kappa shape index (κ1) is 11.2. The summed E-state index contributed by atoms with van der Waals surface area (Å²) >= 11 is 0. The summed E-state index contributed by atoms with van der Waals surface area (Å²) in [6.45, 7) is 0. The van der Waals surface area contributed by atoms with Crippen molar-refractivity contribution < 1.29 is 0 Å². The van der Waals surface area contributed by atoms with E-state index in [1.165, 1.54) is 44.9 Å². The van der Waals surface area contributed by atoms with Crippen LogP contribution in [-0.2, 0) is 0 Å². The molecule has 4 N–H and O–H groups in total. The van der Waals surface area contributed by atoms with Gasteiger partial charge < -0.3 is 11.5 Å². The molecule has 15 heavy (non-hydrogen) atoms. The molecule has 1 saturated carbocycles. The number of hydrogen-bond acceptors (Lipinski definition) is 2. The lowest BCUT2D eigenvalue weighted by molar-refractivity contribution is 0.276. The fourth-order valence-corrected chi connectivity index (χ4v) is 2.95. The quantitative estimate of drug-likeness (QED) is 0.683. The van der Waals surface area contributed by atoms with Gasteiger partial charge in [-0.05, 0) is 56.8 Å². The fourth-order valence-electron chi connectivity index (χ4n) is 2.95. The van der Waals surface area contributed by atoms with Crippen molar-refractivity contribution in [3.63, 3.8) is 0 Å². The Labute approximate surface area is 93.1 Å². The maximum absolute atomic E-state index is 5.92. The van der Waals surface area contributed by atoms with Crippen LogP contribution in [0.1, 0.15) is 44.9 Å². The van der Waals surface area contributed by atoms with Gasteiger partial charge in [0.05, 0.1) is 0 Å². The van der Waals surface area contributed by atoms with Gasteiger partial charge >= 0.3 is 0 Å². The first-order chi connectivity index (χ1) is 7.24. The molecule has 0 heterocycles. The molecule has 2 rings (SSSR count). The lowest BCUT2D eigenvalue weighted by Gasteiger charge is -2.29. The highest BCUT2D eigenvalue weighted by Gasteiger charge is 2.22. The van der Waals surface area contributed by atoms with Crippen LogP contribution in [-0.4, -0.2) is 12.1 Å². The minimum absolute atomic E-state index is 0.320. The van der Waals surface area contributed by atoms with Gasteiger partial charge in [-0.2, -0.15) is 0 Å². The van der Waals surface area contributed by atoms with Crippen LogP contribution in [0.15, 0.2) is 12.2 Å². The van der Waals surface area contributed by atoms with Crippen LogP contribution in [0.4, 0.5) is 0 Å². The molecule has 2 heteroatoms. The van der Waals surface area contributed by atoms with Gasteiger partial charge in [0, 0.05) is 12.1 Å². The van der Waals surface area contributed by atoms with E-state index in [-0.39, 0.29) is 0 Å². The Morgan fingerprint density at radius 1 is 0.867 bits per heavy atom. The Morgan fingerprint density at radius 3 is 2.20 bits per heavy atom. The molecule has 2 aliphatic rings. The Bertz CT molecular complexity index is 217. The van der Waals surface area contributed by atoms with Crippen LogP contribution in [0.25, 0.3) is 0 Å². The van der Waals surface area contributed by atoms with Gasteiger partial charge in [-0.1, -0.05) is 12.2 Å². The molecule has 2 atom stereocenters. The summed E-state index contributed by atoms with van der Waals surface area (Å²) in [4.78, 5) is 0. The van der Waals surface area contributed by atoms with Crippen molar-refractivity contribution in [2.45, 2.75) is 57.0 Å². The van der Waals surface area contributed by atoms with Crippen LogP contribution in [0.2, 0.25) is 0 Å². The second kappa shape index (κ2) is 5.13. The molecular weight excluding hydrogens is 184 g/mol. The van der Waals surface area contributed by atoms with E-state index < -0.39 is 0 Å². The first-order valence-corrected chi connectivity index (χ1v) is 6.43. The highest BCUT2D eigenvalue weighted by atomic mass is 14.6. The normalized spacial score (nSPS) is 41.7. The monoisotopic (exact) mass is 208 g/mol. The number of rotatable bonds is 2. The molecule has 2 unspecified atom stereocenters. The SMILES string of the molecule is NC1C=CC(CC2CCC(N)CC2)CC1. The summed E-state index contributed by atoms with van der Waals surface area (Å²) in [5.41, 5.74) is 11.8. The Morgan fingerprint density at radius 2 is 1.60 bits per heavy atom. The predicted octanol–water partition coefficient (Wildman–Crippen LogP) is 2.19. The zero-order valence-electron chi connectivity index (χ0n) is 9.57. The molecule has 0 saturated heterocycles. The zero-order chi connectivity index (χ0) is 10.7. The molecule has 2 nitrogen and oxygen atoms in total. The fraction of sp³-hybridized carbons (Fsp3) is 0.846. The van der Waals surface area contributed by atoms with Crippen molar-refractivity contribution in [3.05, 3.63) is 12.2 Å². The number of allylic oxidation sites excluding steroid dienone is 1. The van der Waals surface area contributed by atoms with E-state index >= 15 is 0 Å². The summed E-state index contributed by atoms with van der Waals surface area (Å²) in [6, 6.07) is 0.803. The largest absolute Gasteiger partial charge is 0.328 e. The molecule has 0 aromatic carbocycles. The van der Waals surface area contributed by atoms with Crippen LogP contribution in [0.3, 0.4) is 0 Å². The molecule has 0 aliphatic heterocycles. The first-order valence-electron chi connectivity index (χ1n) is 6.43. The van der Waals surface area contributed by atoms with Gasteiger partial charge in [0.2, 0.25) is 0 Å². The van der Waals surface area contributed by atoms with Crippen LogP contribution >= 0.6 is 0 Å². The Hall–Kier alpha value is -0.340. The minimum atomic E-state index is 0.320. The summed E-state index contributed by atoms with van der Waals surface area (Å²) in [6.07, 6.45) is 13.5. The van der Waals surface area contributed by atoms with Crippen molar-refractivity contribution in [1.82, 2.24) is 0 Å². The average Bonchev–Trinajstić information content (AvgIpc) is 2.25. The van der Waals surface area contributed by atoms with Crippen LogP contribution < -0.4 is 11.5 Å². The van der Waals surface area contributed by atoms with Gasteiger partial charge in [-0.3, -0.25) is 0 Å². The Kier molecular flexibility index (Phi) is 3.81. The topological polar surface area (TPSA) is 52.0 Å². The van der Waals surface area contributed by atoms with Crippen molar-refractivity contribution in [3.8, 4) is 0 Å². The minimum Gasteiger partial charge on any atom is -0.328 e. The Balaban J connectivity index is 1.75. The van der Waals surface area contributed by atoms with E-state index in [1.807, 2.05) is 0 Å². The van der Waals surface area contributed by atoms with Crippen molar-refractivity contribution in [2.75, 3.05) is 0 Å². The van der Waals surface area contributed by atoms with Gasteiger partial charge in [0.25, 0.3) is 0 Å². The molecular formula is C13H24N2. The lowest BCUT2D eigenvalue weighted by Crippen LogP contribution is -2.28. The van der Waals surface area contributed by atoms with Crippen molar-refractivity contribution >= 4 is 0 Å². The summed E-state index contributed by atoms with van der Waals surface area (Å²) < 4.78 is 0. The maximum atomic E-state index is 5.92.